The molecule has 0 aliphatic heterocycles. The third-order valence-electron chi connectivity index (χ3n) is 2.95. The number of anilines is 1. The molecule has 0 aromatic heterocycles. The maximum Gasteiger partial charge on any atom is 0.0473 e. The predicted octanol–water partition coefficient (Wildman–Crippen LogP) is 1.99. The lowest BCUT2D eigenvalue weighted by Gasteiger charge is -2.31. The summed E-state index contributed by atoms with van der Waals surface area (Å²) in [6.07, 6.45) is 0. The first-order valence-electron chi connectivity index (χ1n) is 6.25. The highest BCUT2D eigenvalue weighted by Gasteiger charge is 2.13. The van der Waals surface area contributed by atoms with Crippen LogP contribution in [-0.2, 0) is 6.54 Å². The fourth-order valence-corrected chi connectivity index (χ4v) is 1.83. The fraction of sp³-hybridized carbons (Fsp3) is 0.571. The molecule has 0 aliphatic rings. The standard InChI is InChI=1S/C14H24N2O/c1-11(2)16(9-12(3)10-17)14-6-4-13(8-15)5-7-14/h4-7,11-12,17H,8-10,15H2,1-3H3. The number of hydrogen-bond donors (Lipinski definition) is 2. The highest BCUT2D eigenvalue weighted by molar-refractivity contribution is 5.48. The molecule has 1 aromatic rings. The molecular formula is C14H24N2O. The maximum absolute atomic E-state index is 9.15. The maximum atomic E-state index is 9.15. The third-order valence-corrected chi connectivity index (χ3v) is 2.95. The quantitative estimate of drug-likeness (QED) is 0.794. The van der Waals surface area contributed by atoms with Gasteiger partial charge in [0.05, 0.1) is 0 Å². The fourth-order valence-electron chi connectivity index (χ4n) is 1.83. The van der Waals surface area contributed by atoms with Gasteiger partial charge in [0.1, 0.15) is 0 Å². The Morgan fingerprint density at radius 2 is 1.76 bits per heavy atom. The zero-order chi connectivity index (χ0) is 12.8. The highest BCUT2D eigenvalue weighted by Crippen LogP contribution is 2.19. The summed E-state index contributed by atoms with van der Waals surface area (Å²) >= 11 is 0. The second kappa shape index (κ2) is 6.62. The molecule has 0 saturated heterocycles. The summed E-state index contributed by atoms with van der Waals surface area (Å²) in [6, 6.07) is 8.76. The molecule has 1 rings (SSSR count). The lowest BCUT2D eigenvalue weighted by molar-refractivity contribution is 0.238. The van der Waals surface area contributed by atoms with Gasteiger partial charge in [-0.1, -0.05) is 19.1 Å². The van der Waals surface area contributed by atoms with Crippen LogP contribution in [0.15, 0.2) is 24.3 Å². The summed E-state index contributed by atoms with van der Waals surface area (Å²) in [5, 5.41) is 9.15. The van der Waals surface area contributed by atoms with Crippen molar-refractivity contribution in [2.45, 2.75) is 33.4 Å². The molecule has 0 aliphatic carbocycles. The Hall–Kier alpha value is -1.06. The largest absolute Gasteiger partial charge is 0.396 e. The smallest absolute Gasteiger partial charge is 0.0473 e. The Labute approximate surface area is 104 Å². The van der Waals surface area contributed by atoms with Crippen LogP contribution in [-0.4, -0.2) is 24.3 Å². The summed E-state index contributed by atoms with van der Waals surface area (Å²) in [5.74, 6) is 0.284. The molecule has 0 bridgehead atoms. The van der Waals surface area contributed by atoms with Crippen molar-refractivity contribution in [2.75, 3.05) is 18.1 Å². The van der Waals surface area contributed by atoms with Crippen molar-refractivity contribution in [3.8, 4) is 0 Å². The Kier molecular flexibility index (Phi) is 5.45. The number of aliphatic hydroxyl groups is 1. The minimum Gasteiger partial charge on any atom is -0.396 e. The van der Waals surface area contributed by atoms with Crippen LogP contribution in [0.4, 0.5) is 5.69 Å². The molecule has 0 spiro atoms. The Morgan fingerprint density at radius 1 is 1.18 bits per heavy atom. The molecule has 1 aromatic carbocycles. The van der Waals surface area contributed by atoms with Gasteiger partial charge in [0.15, 0.2) is 0 Å². The van der Waals surface area contributed by atoms with Gasteiger partial charge in [0.2, 0.25) is 0 Å². The lowest BCUT2D eigenvalue weighted by atomic mass is 10.1. The van der Waals surface area contributed by atoms with Gasteiger partial charge in [-0.15, -0.1) is 0 Å². The van der Waals surface area contributed by atoms with Crippen LogP contribution in [0.25, 0.3) is 0 Å². The van der Waals surface area contributed by atoms with Crippen LogP contribution in [0.2, 0.25) is 0 Å². The minimum atomic E-state index is 0.226. The van der Waals surface area contributed by atoms with Crippen molar-refractivity contribution >= 4 is 5.69 Å². The Bertz CT molecular complexity index is 321. The average Bonchev–Trinajstić information content (AvgIpc) is 2.35. The van der Waals surface area contributed by atoms with Gasteiger partial charge in [-0.05, 0) is 37.5 Å². The van der Waals surface area contributed by atoms with E-state index >= 15 is 0 Å². The van der Waals surface area contributed by atoms with Crippen LogP contribution in [0.5, 0.6) is 0 Å². The van der Waals surface area contributed by atoms with E-state index < -0.39 is 0 Å². The number of benzene rings is 1. The van der Waals surface area contributed by atoms with Crippen LogP contribution >= 0.6 is 0 Å². The first-order valence-corrected chi connectivity index (χ1v) is 6.25. The molecule has 0 heterocycles. The van der Waals surface area contributed by atoms with Crippen molar-refractivity contribution in [1.82, 2.24) is 0 Å². The first-order chi connectivity index (χ1) is 8.08. The van der Waals surface area contributed by atoms with Gasteiger partial charge in [0, 0.05) is 31.4 Å². The number of nitrogens with two attached hydrogens (primary N) is 1. The molecule has 1 atom stereocenters. The predicted molar refractivity (Wildman–Crippen MR) is 73.1 cm³/mol. The second-order valence-electron chi connectivity index (χ2n) is 4.90. The Morgan fingerprint density at radius 3 is 2.18 bits per heavy atom. The molecule has 3 nitrogen and oxygen atoms in total. The summed E-state index contributed by atoms with van der Waals surface area (Å²) in [6.45, 7) is 8.07. The second-order valence-corrected chi connectivity index (χ2v) is 4.90. The number of rotatable bonds is 6. The van der Waals surface area contributed by atoms with Gasteiger partial charge in [-0.3, -0.25) is 0 Å². The van der Waals surface area contributed by atoms with Crippen LogP contribution < -0.4 is 10.6 Å². The molecule has 3 heteroatoms. The van der Waals surface area contributed by atoms with E-state index in [0.717, 1.165) is 12.1 Å². The highest BCUT2D eigenvalue weighted by atomic mass is 16.3. The van der Waals surface area contributed by atoms with Crippen molar-refractivity contribution in [3.05, 3.63) is 29.8 Å². The van der Waals surface area contributed by atoms with E-state index in [2.05, 4.69) is 49.9 Å². The normalized spacial score (nSPS) is 12.8. The topological polar surface area (TPSA) is 49.5 Å². The number of hydrogen-bond acceptors (Lipinski definition) is 3. The average molecular weight is 236 g/mol. The molecule has 0 radical (unpaired) electrons. The molecular weight excluding hydrogens is 212 g/mol. The van der Waals surface area contributed by atoms with Gasteiger partial charge >= 0.3 is 0 Å². The van der Waals surface area contributed by atoms with Crippen LogP contribution in [0, 0.1) is 5.92 Å². The van der Waals surface area contributed by atoms with E-state index in [-0.39, 0.29) is 12.5 Å². The summed E-state index contributed by atoms with van der Waals surface area (Å²) in [4.78, 5) is 2.31. The summed E-state index contributed by atoms with van der Waals surface area (Å²) in [7, 11) is 0. The monoisotopic (exact) mass is 236 g/mol. The number of aliphatic hydroxyl groups excluding tert-OH is 1. The van der Waals surface area contributed by atoms with E-state index in [0.29, 0.717) is 12.6 Å². The summed E-state index contributed by atoms with van der Waals surface area (Å²) in [5.41, 5.74) is 7.93. The molecule has 96 valence electrons. The van der Waals surface area contributed by atoms with E-state index in [9.17, 15) is 0 Å². The zero-order valence-electron chi connectivity index (χ0n) is 11.1. The van der Waals surface area contributed by atoms with Crippen LogP contribution in [0.3, 0.4) is 0 Å². The molecule has 0 fully saturated rings. The molecule has 3 N–H and O–H groups in total. The molecule has 1 unspecified atom stereocenters. The molecule has 0 saturated carbocycles. The van der Waals surface area contributed by atoms with Crippen molar-refractivity contribution < 1.29 is 5.11 Å². The van der Waals surface area contributed by atoms with E-state index in [1.807, 2.05) is 0 Å². The SMILES string of the molecule is CC(CO)CN(c1ccc(CN)cc1)C(C)C. The molecule has 17 heavy (non-hydrogen) atoms. The zero-order valence-corrected chi connectivity index (χ0v) is 11.1. The minimum absolute atomic E-state index is 0.226. The van der Waals surface area contributed by atoms with Crippen LogP contribution in [0.1, 0.15) is 26.3 Å². The number of nitrogens with zero attached hydrogens (tertiary/aromatic N) is 1. The van der Waals surface area contributed by atoms with E-state index in [1.54, 1.807) is 0 Å². The van der Waals surface area contributed by atoms with Crippen molar-refractivity contribution in [1.29, 1.82) is 0 Å². The lowest BCUT2D eigenvalue weighted by Crippen LogP contribution is -2.35. The van der Waals surface area contributed by atoms with E-state index in [4.69, 9.17) is 10.8 Å². The van der Waals surface area contributed by atoms with E-state index in [1.165, 1.54) is 5.69 Å². The van der Waals surface area contributed by atoms with Gasteiger partial charge in [-0.25, -0.2) is 0 Å². The van der Waals surface area contributed by atoms with Gasteiger partial charge < -0.3 is 15.7 Å². The van der Waals surface area contributed by atoms with Gasteiger partial charge in [-0.2, -0.15) is 0 Å². The molecule has 0 amide bonds. The van der Waals surface area contributed by atoms with Crippen molar-refractivity contribution in [2.24, 2.45) is 11.7 Å². The van der Waals surface area contributed by atoms with Gasteiger partial charge in [0.25, 0.3) is 0 Å². The third kappa shape index (κ3) is 4.02. The Balaban J connectivity index is 2.81. The first kappa shape index (κ1) is 14.0. The summed E-state index contributed by atoms with van der Waals surface area (Å²) < 4.78 is 0. The van der Waals surface area contributed by atoms with Crippen molar-refractivity contribution in [3.63, 3.8) is 0 Å².